The van der Waals surface area contributed by atoms with Crippen LogP contribution in [-0.2, 0) is 14.8 Å². The second-order valence-corrected chi connectivity index (χ2v) is 8.90. The molecule has 2 aromatic rings. The summed E-state index contributed by atoms with van der Waals surface area (Å²) in [6.07, 6.45) is 7.82. The number of nitrogens with zero attached hydrogens (tertiary/aromatic N) is 1. The summed E-state index contributed by atoms with van der Waals surface area (Å²) in [5.41, 5.74) is 1.03. The van der Waals surface area contributed by atoms with E-state index in [0.717, 1.165) is 24.8 Å². The molecule has 1 amide bonds. The third-order valence-corrected chi connectivity index (χ3v) is 6.89. The Kier molecular flexibility index (Phi) is 6.70. The molecule has 1 atom stereocenters. The van der Waals surface area contributed by atoms with Gasteiger partial charge in [0.2, 0.25) is 15.9 Å². The molecule has 3 rings (SSSR count). The predicted molar refractivity (Wildman–Crippen MR) is 108 cm³/mol. The van der Waals surface area contributed by atoms with Gasteiger partial charge in [0, 0.05) is 25.2 Å². The third-order valence-electron chi connectivity index (χ3n) is 4.92. The SMILES string of the molecule is Cc1ccc(S(=O)(=O)N2CCCCC2CCNC(=O)C=Cc2ccco2)cc1. The summed E-state index contributed by atoms with van der Waals surface area (Å²) in [7, 11) is -3.52. The lowest BCUT2D eigenvalue weighted by Gasteiger charge is -2.34. The van der Waals surface area contributed by atoms with E-state index in [0.29, 0.717) is 30.2 Å². The van der Waals surface area contributed by atoms with Crippen molar-refractivity contribution in [1.29, 1.82) is 0 Å². The molecule has 0 spiro atoms. The molecule has 1 aliphatic heterocycles. The zero-order valence-electron chi connectivity index (χ0n) is 16.0. The normalized spacial score (nSPS) is 18.4. The van der Waals surface area contributed by atoms with Gasteiger partial charge in [-0.15, -0.1) is 0 Å². The van der Waals surface area contributed by atoms with Crippen LogP contribution in [0, 0.1) is 6.92 Å². The van der Waals surface area contributed by atoms with E-state index in [2.05, 4.69) is 5.32 Å². The van der Waals surface area contributed by atoms with Gasteiger partial charge in [0.15, 0.2) is 0 Å². The lowest BCUT2D eigenvalue weighted by atomic mass is 10.0. The number of carbonyl (C=O) groups is 1. The van der Waals surface area contributed by atoms with Gasteiger partial charge in [0.05, 0.1) is 11.2 Å². The van der Waals surface area contributed by atoms with Crippen LogP contribution in [0.25, 0.3) is 6.08 Å². The van der Waals surface area contributed by atoms with E-state index in [1.165, 1.54) is 6.08 Å². The van der Waals surface area contributed by atoms with Gasteiger partial charge in [-0.2, -0.15) is 4.31 Å². The quantitative estimate of drug-likeness (QED) is 0.721. The number of aryl methyl sites for hydroxylation is 1. The van der Waals surface area contributed by atoms with Crippen LogP contribution in [0.1, 0.15) is 37.0 Å². The molecule has 28 heavy (non-hydrogen) atoms. The van der Waals surface area contributed by atoms with Gasteiger partial charge >= 0.3 is 0 Å². The maximum absolute atomic E-state index is 13.1. The topological polar surface area (TPSA) is 79.6 Å². The average Bonchev–Trinajstić information content (AvgIpc) is 3.21. The molecule has 1 unspecified atom stereocenters. The van der Waals surface area contributed by atoms with Crippen molar-refractivity contribution >= 4 is 22.0 Å². The standard InChI is InChI=1S/C21H26N2O4S/c1-17-7-10-20(11-8-17)28(25,26)23-15-3-2-5-18(23)13-14-22-21(24)12-9-19-6-4-16-27-19/h4,6-12,16,18H,2-3,5,13-15H2,1H3,(H,22,24). The highest BCUT2D eigenvalue weighted by atomic mass is 32.2. The number of nitrogens with one attached hydrogen (secondary N) is 1. The van der Waals surface area contributed by atoms with Crippen molar-refractivity contribution in [2.75, 3.05) is 13.1 Å². The number of amides is 1. The van der Waals surface area contributed by atoms with Crippen LogP contribution in [0.2, 0.25) is 0 Å². The molecule has 150 valence electrons. The summed E-state index contributed by atoms with van der Waals surface area (Å²) >= 11 is 0. The van der Waals surface area contributed by atoms with Gasteiger partial charge in [-0.05, 0) is 56.5 Å². The summed E-state index contributed by atoms with van der Waals surface area (Å²) in [5.74, 6) is 0.387. The molecule has 1 N–H and O–H groups in total. The molecular weight excluding hydrogens is 376 g/mol. The lowest BCUT2D eigenvalue weighted by Crippen LogP contribution is -2.45. The van der Waals surface area contributed by atoms with E-state index in [-0.39, 0.29) is 11.9 Å². The van der Waals surface area contributed by atoms with E-state index >= 15 is 0 Å². The molecule has 6 nitrogen and oxygen atoms in total. The molecule has 0 aliphatic carbocycles. The number of furan rings is 1. The smallest absolute Gasteiger partial charge is 0.244 e. The largest absolute Gasteiger partial charge is 0.465 e. The second kappa shape index (κ2) is 9.21. The summed E-state index contributed by atoms with van der Waals surface area (Å²) in [6.45, 7) is 2.88. The fourth-order valence-corrected chi connectivity index (χ4v) is 5.11. The Bertz CT molecular complexity index is 902. The number of rotatable bonds is 7. The van der Waals surface area contributed by atoms with Gasteiger partial charge in [-0.1, -0.05) is 24.1 Å². The molecule has 1 aromatic carbocycles. The van der Waals surface area contributed by atoms with E-state index in [4.69, 9.17) is 4.42 Å². The highest BCUT2D eigenvalue weighted by molar-refractivity contribution is 7.89. The van der Waals surface area contributed by atoms with Gasteiger partial charge in [0.25, 0.3) is 0 Å². The van der Waals surface area contributed by atoms with Crippen molar-refractivity contribution in [2.45, 2.75) is 43.5 Å². The summed E-state index contributed by atoms with van der Waals surface area (Å²) < 4.78 is 32.9. The Morgan fingerprint density at radius 2 is 2.04 bits per heavy atom. The molecule has 0 saturated carbocycles. The van der Waals surface area contributed by atoms with Gasteiger partial charge in [-0.3, -0.25) is 4.79 Å². The van der Waals surface area contributed by atoms with Crippen LogP contribution >= 0.6 is 0 Å². The van der Waals surface area contributed by atoms with Gasteiger partial charge in [0.1, 0.15) is 5.76 Å². The molecule has 1 saturated heterocycles. The van der Waals surface area contributed by atoms with Crippen molar-refractivity contribution < 1.29 is 17.6 Å². The average molecular weight is 403 g/mol. The zero-order valence-corrected chi connectivity index (χ0v) is 16.8. The monoisotopic (exact) mass is 402 g/mol. The van der Waals surface area contributed by atoms with Crippen LogP contribution in [-0.4, -0.2) is 37.8 Å². The van der Waals surface area contributed by atoms with Crippen LogP contribution < -0.4 is 5.32 Å². The molecule has 1 fully saturated rings. The summed E-state index contributed by atoms with van der Waals surface area (Å²) in [5, 5.41) is 2.82. The molecule has 0 bridgehead atoms. The van der Waals surface area contributed by atoms with Crippen molar-refractivity contribution in [3.63, 3.8) is 0 Å². The van der Waals surface area contributed by atoms with Crippen molar-refractivity contribution in [2.24, 2.45) is 0 Å². The molecule has 7 heteroatoms. The van der Waals surface area contributed by atoms with Crippen LogP contribution in [0.4, 0.5) is 0 Å². The van der Waals surface area contributed by atoms with Crippen LogP contribution in [0.3, 0.4) is 0 Å². The Morgan fingerprint density at radius 3 is 2.75 bits per heavy atom. The second-order valence-electron chi connectivity index (χ2n) is 7.01. The number of hydrogen-bond acceptors (Lipinski definition) is 4. The first-order chi connectivity index (χ1) is 13.5. The highest BCUT2D eigenvalue weighted by Crippen LogP contribution is 2.27. The fourth-order valence-electron chi connectivity index (χ4n) is 3.39. The first kappa shape index (κ1) is 20.4. The minimum atomic E-state index is -3.52. The Balaban J connectivity index is 1.58. The minimum absolute atomic E-state index is 0.102. The molecular formula is C21H26N2O4S. The summed E-state index contributed by atoms with van der Waals surface area (Å²) in [4.78, 5) is 12.3. The van der Waals surface area contributed by atoms with Crippen molar-refractivity contribution in [3.05, 3.63) is 60.1 Å². The predicted octanol–water partition coefficient (Wildman–Crippen LogP) is 3.35. The highest BCUT2D eigenvalue weighted by Gasteiger charge is 2.33. The van der Waals surface area contributed by atoms with Crippen LogP contribution in [0.15, 0.2) is 58.1 Å². The van der Waals surface area contributed by atoms with Crippen molar-refractivity contribution in [3.8, 4) is 0 Å². The Labute approximate surface area is 166 Å². The van der Waals surface area contributed by atoms with Crippen LogP contribution in [0.5, 0.6) is 0 Å². The summed E-state index contributed by atoms with van der Waals surface area (Å²) in [6, 6.07) is 10.4. The first-order valence-electron chi connectivity index (χ1n) is 9.55. The van der Waals surface area contributed by atoms with E-state index in [9.17, 15) is 13.2 Å². The molecule has 1 aromatic heterocycles. The lowest BCUT2D eigenvalue weighted by molar-refractivity contribution is -0.116. The van der Waals surface area contributed by atoms with Crippen molar-refractivity contribution in [1.82, 2.24) is 9.62 Å². The zero-order chi connectivity index (χ0) is 20.0. The molecule has 1 aliphatic rings. The minimum Gasteiger partial charge on any atom is -0.465 e. The van der Waals surface area contributed by atoms with Gasteiger partial charge in [-0.25, -0.2) is 8.42 Å². The van der Waals surface area contributed by atoms with E-state index in [1.807, 2.05) is 19.1 Å². The number of benzene rings is 1. The Morgan fingerprint density at radius 1 is 1.25 bits per heavy atom. The van der Waals surface area contributed by atoms with E-state index < -0.39 is 10.0 Å². The molecule has 0 radical (unpaired) electrons. The number of carbonyl (C=O) groups excluding carboxylic acids is 1. The maximum Gasteiger partial charge on any atom is 0.244 e. The van der Waals surface area contributed by atoms with Gasteiger partial charge < -0.3 is 9.73 Å². The van der Waals surface area contributed by atoms with E-state index in [1.54, 1.807) is 40.9 Å². The maximum atomic E-state index is 13.1. The first-order valence-corrected chi connectivity index (χ1v) is 11.0. The number of piperidine rings is 1. The third kappa shape index (κ3) is 5.11. The Hall–Kier alpha value is -2.38. The number of sulfonamides is 1. The molecule has 2 heterocycles. The fraction of sp³-hybridized carbons (Fsp3) is 0.381. The number of hydrogen-bond donors (Lipinski definition) is 1.